The van der Waals surface area contributed by atoms with Crippen molar-refractivity contribution >= 4 is 11.6 Å². The van der Waals surface area contributed by atoms with E-state index in [2.05, 4.69) is 10.3 Å². The lowest BCUT2D eigenvalue weighted by Gasteiger charge is -2.19. The molecule has 0 amide bonds. The van der Waals surface area contributed by atoms with Gasteiger partial charge in [-0.1, -0.05) is 0 Å². The number of aromatic nitrogens is 1. The van der Waals surface area contributed by atoms with Crippen molar-refractivity contribution in [2.45, 2.75) is 13.3 Å². The van der Waals surface area contributed by atoms with Gasteiger partial charge in [-0.2, -0.15) is 0 Å². The van der Waals surface area contributed by atoms with E-state index in [1.54, 1.807) is 6.92 Å². The Morgan fingerprint density at radius 2 is 2.00 bits per heavy atom. The van der Waals surface area contributed by atoms with Crippen molar-refractivity contribution in [2.24, 2.45) is 0 Å². The molecule has 1 heterocycles. The van der Waals surface area contributed by atoms with Gasteiger partial charge in [0.25, 0.3) is 6.43 Å². The number of hydrogen-bond donors (Lipinski definition) is 1. The van der Waals surface area contributed by atoms with Crippen molar-refractivity contribution in [1.29, 1.82) is 0 Å². The largest absolute Gasteiger partial charge is 0.368 e. The van der Waals surface area contributed by atoms with E-state index in [9.17, 15) is 17.6 Å². The van der Waals surface area contributed by atoms with Crippen LogP contribution in [0.25, 0.3) is 0 Å². The van der Waals surface area contributed by atoms with E-state index < -0.39 is 24.6 Å². The molecule has 1 aromatic heterocycles. The van der Waals surface area contributed by atoms with Crippen LogP contribution in [-0.2, 0) is 0 Å². The van der Waals surface area contributed by atoms with Crippen LogP contribution in [0.2, 0.25) is 0 Å². The van der Waals surface area contributed by atoms with E-state index >= 15 is 0 Å². The molecule has 0 saturated carbocycles. The van der Waals surface area contributed by atoms with Crippen molar-refractivity contribution in [3.8, 4) is 0 Å². The third-order valence-corrected chi connectivity index (χ3v) is 2.03. The van der Waals surface area contributed by atoms with Crippen molar-refractivity contribution < 1.29 is 17.6 Å². The van der Waals surface area contributed by atoms with E-state index in [0.29, 0.717) is 12.6 Å². The summed E-state index contributed by atoms with van der Waals surface area (Å²) >= 11 is 0. The van der Waals surface area contributed by atoms with Crippen LogP contribution in [0.1, 0.15) is 6.92 Å². The quantitative estimate of drug-likeness (QED) is 0.815. The summed E-state index contributed by atoms with van der Waals surface area (Å²) in [6.07, 6.45) is -2.62. The molecule has 1 rings (SSSR count). The molecule has 1 N–H and O–H groups in total. The number of nitrogens with zero attached hydrogens (tertiary/aromatic N) is 2. The highest BCUT2D eigenvalue weighted by molar-refractivity contribution is 5.48. The Bertz CT molecular complexity index is 384. The van der Waals surface area contributed by atoms with Crippen LogP contribution in [0.4, 0.5) is 29.2 Å². The van der Waals surface area contributed by atoms with E-state index in [1.165, 1.54) is 7.05 Å². The standard InChI is InChI=1S/C10H13F4N3/c1-3-15-9-6(11)4-7(12)10(16-9)17(2)5-8(13)14/h4,8H,3,5H2,1-2H3,(H,15,16). The molecule has 0 atom stereocenters. The minimum absolute atomic E-state index is 0.148. The van der Waals surface area contributed by atoms with Crippen molar-refractivity contribution in [2.75, 3.05) is 30.4 Å². The van der Waals surface area contributed by atoms with Gasteiger partial charge in [0.15, 0.2) is 23.3 Å². The van der Waals surface area contributed by atoms with Crippen LogP contribution in [0, 0.1) is 11.6 Å². The third kappa shape index (κ3) is 3.47. The zero-order valence-corrected chi connectivity index (χ0v) is 9.48. The molecule has 0 aliphatic rings. The summed E-state index contributed by atoms with van der Waals surface area (Å²) in [5.74, 6) is -2.27. The maximum Gasteiger partial charge on any atom is 0.255 e. The Morgan fingerprint density at radius 1 is 1.35 bits per heavy atom. The summed E-state index contributed by atoms with van der Waals surface area (Å²) in [4.78, 5) is 4.59. The molecule has 3 nitrogen and oxygen atoms in total. The summed E-state index contributed by atoms with van der Waals surface area (Å²) in [7, 11) is 1.27. The molecule has 7 heteroatoms. The van der Waals surface area contributed by atoms with Gasteiger partial charge in [-0.15, -0.1) is 0 Å². The molecule has 0 bridgehead atoms. The molecule has 0 aromatic carbocycles. The molecule has 1 aromatic rings. The summed E-state index contributed by atoms with van der Waals surface area (Å²) in [5, 5.41) is 2.58. The number of nitrogens with one attached hydrogen (secondary N) is 1. The molecule has 0 aliphatic carbocycles. The van der Waals surface area contributed by atoms with E-state index in [0.717, 1.165) is 4.90 Å². The lowest BCUT2D eigenvalue weighted by Crippen LogP contribution is -2.26. The highest BCUT2D eigenvalue weighted by atomic mass is 19.3. The highest BCUT2D eigenvalue weighted by Gasteiger charge is 2.17. The number of rotatable bonds is 5. The van der Waals surface area contributed by atoms with Gasteiger partial charge in [0, 0.05) is 19.7 Å². The number of alkyl halides is 2. The fraction of sp³-hybridized carbons (Fsp3) is 0.500. The smallest absolute Gasteiger partial charge is 0.255 e. The third-order valence-electron chi connectivity index (χ3n) is 2.03. The Morgan fingerprint density at radius 3 is 2.53 bits per heavy atom. The van der Waals surface area contributed by atoms with Gasteiger partial charge >= 0.3 is 0 Å². The van der Waals surface area contributed by atoms with E-state index in [4.69, 9.17) is 0 Å². The second-order valence-electron chi connectivity index (χ2n) is 3.43. The maximum atomic E-state index is 13.4. The topological polar surface area (TPSA) is 28.2 Å². The van der Waals surface area contributed by atoms with Gasteiger partial charge in [0.05, 0.1) is 6.54 Å². The Kier molecular flexibility index (Phi) is 4.53. The van der Waals surface area contributed by atoms with Gasteiger partial charge in [0.1, 0.15) is 0 Å². The number of pyridine rings is 1. The monoisotopic (exact) mass is 251 g/mol. The molecule has 0 spiro atoms. The highest BCUT2D eigenvalue weighted by Crippen LogP contribution is 2.21. The van der Waals surface area contributed by atoms with Crippen LogP contribution >= 0.6 is 0 Å². The van der Waals surface area contributed by atoms with Crippen LogP contribution in [0.5, 0.6) is 0 Å². The molecule has 0 fully saturated rings. The summed E-state index contributed by atoms with van der Waals surface area (Å²) in [6, 6.07) is 0.627. The molecule has 0 aliphatic heterocycles. The molecular formula is C10H13F4N3. The molecule has 0 saturated heterocycles. The number of halogens is 4. The van der Waals surface area contributed by atoms with Crippen molar-refractivity contribution in [3.05, 3.63) is 17.7 Å². The van der Waals surface area contributed by atoms with Gasteiger partial charge < -0.3 is 10.2 Å². The number of anilines is 2. The minimum atomic E-state index is -2.62. The molecule has 17 heavy (non-hydrogen) atoms. The van der Waals surface area contributed by atoms with Crippen molar-refractivity contribution in [3.63, 3.8) is 0 Å². The van der Waals surface area contributed by atoms with Gasteiger partial charge in [-0.05, 0) is 6.92 Å². The van der Waals surface area contributed by atoms with Crippen molar-refractivity contribution in [1.82, 2.24) is 4.98 Å². The minimum Gasteiger partial charge on any atom is -0.368 e. The van der Waals surface area contributed by atoms with Gasteiger partial charge in [0.2, 0.25) is 0 Å². The Balaban J connectivity index is 3.02. The molecule has 96 valence electrons. The molecule has 0 radical (unpaired) electrons. The molecule has 0 unspecified atom stereocenters. The first-order valence-electron chi connectivity index (χ1n) is 5.04. The first-order valence-corrected chi connectivity index (χ1v) is 5.04. The predicted molar refractivity (Wildman–Crippen MR) is 57.6 cm³/mol. The number of hydrogen-bond acceptors (Lipinski definition) is 3. The molecular weight excluding hydrogens is 238 g/mol. The first-order chi connectivity index (χ1) is 7.95. The summed E-state index contributed by atoms with van der Waals surface area (Å²) < 4.78 is 50.9. The van der Waals surface area contributed by atoms with Crippen LogP contribution < -0.4 is 10.2 Å². The van der Waals surface area contributed by atoms with Gasteiger partial charge in [-0.3, -0.25) is 0 Å². The van der Waals surface area contributed by atoms with Gasteiger partial charge in [-0.25, -0.2) is 22.5 Å². The van der Waals surface area contributed by atoms with E-state index in [1.807, 2.05) is 0 Å². The SMILES string of the molecule is CCNc1nc(N(C)CC(F)F)c(F)cc1F. The zero-order chi connectivity index (χ0) is 13.0. The Hall–Kier alpha value is -1.53. The van der Waals surface area contributed by atoms with E-state index in [-0.39, 0.29) is 11.6 Å². The fourth-order valence-corrected chi connectivity index (χ4v) is 1.31. The Labute approximate surface area is 96.4 Å². The van der Waals surface area contributed by atoms with Crippen LogP contribution in [0.3, 0.4) is 0 Å². The summed E-state index contributed by atoms with van der Waals surface area (Å²) in [5.41, 5.74) is 0. The lowest BCUT2D eigenvalue weighted by atomic mass is 10.3. The van der Waals surface area contributed by atoms with Crippen LogP contribution in [-0.4, -0.2) is 31.5 Å². The maximum absolute atomic E-state index is 13.4. The normalized spacial score (nSPS) is 10.8. The van der Waals surface area contributed by atoms with Crippen LogP contribution in [0.15, 0.2) is 6.07 Å². The lowest BCUT2D eigenvalue weighted by molar-refractivity contribution is 0.156. The fourth-order valence-electron chi connectivity index (χ4n) is 1.31. The average molecular weight is 251 g/mol. The zero-order valence-electron chi connectivity index (χ0n) is 9.48. The first kappa shape index (κ1) is 13.5. The predicted octanol–water partition coefficient (Wildman–Crippen LogP) is 2.49. The second-order valence-corrected chi connectivity index (χ2v) is 3.43. The summed E-state index contributed by atoms with van der Waals surface area (Å²) in [6.45, 7) is 1.45. The second kappa shape index (κ2) is 5.70. The average Bonchev–Trinajstić information content (AvgIpc) is 2.21.